The Labute approximate surface area is 114 Å². The third-order valence-electron chi connectivity index (χ3n) is 2.29. The van der Waals surface area contributed by atoms with Gasteiger partial charge in [-0.3, -0.25) is 4.79 Å². The second kappa shape index (κ2) is 5.71. The lowest BCUT2D eigenvalue weighted by molar-refractivity contribution is -0.131. The number of nitrogens with zero attached hydrogens (tertiary/aromatic N) is 1. The van der Waals surface area contributed by atoms with Crippen molar-refractivity contribution in [1.82, 2.24) is 0 Å². The summed E-state index contributed by atoms with van der Waals surface area (Å²) in [7, 11) is 0. The van der Waals surface area contributed by atoms with E-state index in [-0.39, 0.29) is 4.91 Å². The molecule has 19 heavy (non-hydrogen) atoms. The van der Waals surface area contributed by atoms with Gasteiger partial charge in [0, 0.05) is 11.6 Å². The van der Waals surface area contributed by atoms with Crippen LogP contribution >= 0.6 is 11.8 Å². The number of para-hydroxylation sites is 1. The molecular formula is C13H11NO4S. The van der Waals surface area contributed by atoms with Gasteiger partial charge in [0.15, 0.2) is 0 Å². The average molecular weight is 277 g/mol. The van der Waals surface area contributed by atoms with E-state index in [2.05, 4.69) is 4.99 Å². The lowest BCUT2D eigenvalue weighted by atomic mass is 10.2. The lowest BCUT2D eigenvalue weighted by Crippen LogP contribution is -1.99. The molecule has 1 aromatic carbocycles. The number of carboxylic acid groups (broad SMARTS) is 1. The van der Waals surface area contributed by atoms with Crippen LogP contribution in [-0.2, 0) is 9.59 Å². The molecule has 0 radical (unpaired) electrons. The predicted octanol–water partition coefficient (Wildman–Crippen LogP) is 2.07. The van der Waals surface area contributed by atoms with Crippen molar-refractivity contribution in [2.45, 2.75) is 6.92 Å². The Morgan fingerprint density at radius 3 is 2.89 bits per heavy atom. The van der Waals surface area contributed by atoms with E-state index >= 15 is 0 Å². The van der Waals surface area contributed by atoms with E-state index in [1.807, 2.05) is 19.1 Å². The number of ether oxygens (including phenoxy) is 1. The van der Waals surface area contributed by atoms with Crippen molar-refractivity contribution in [3.8, 4) is 5.75 Å². The number of aliphatic imine (C=N–C) groups is 1. The average Bonchev–Trinajstić information content (AvgIpc) is 2.71. The van der Waals surface area contributed by atoms with Crippen LogP contribution in [0.2, 0.25) is 0 Å². The monoisotopic (exact) mass is 277 g/mol. The summed E-state index contributed by atoms with van der Waals surface area (Å²) in [5.41, 5.74) is 0.691. The molecule has 1 aromatic rings. The van der Waals surface area contributed by atoms with Crippen LogP contribution in [0, 0.1) is 0 Å². The third-order valence-corrected chi connectivity index (χ3v) is 3.31. The van der Waals surface area contributed by atoms with Crippen LogP contribution < -0.4 is 4.74 Å². The van der Waals surface area contributed by atoms with Crippen molar-refractivity contribution in [3.05, 3.63) is 40.8 Å². The molecule has 0 fully saturated rings. The van der Waals surface area contributed by atoms with Gasteiger partial charge in [0.25, 0.3) is 5.91 Å². The number of aliphatic carboxylic acids is 1. The summed E-state index contributed by atoms with van der Waals surface area (Å²) in [4.78, 5) is 26.1. The van der Waals surface area contributed by atoms with Gasteiger partial charge in [0.05, 0.1) is 11.5 Å². The van der Waals surface area contributed by atoms with E-state index in [1.54, 1.807) is 12.1 Å². The number of amides is 1. The predicted molar refractivity (Wildman–Crippen MR) is 72.5 cm³/mol. The van der Waals surface area contributed by atoms with Crippen LogP contribution in [0.5, 0.6) is 5.75 Å². The minimum atomic E-state index is -1.16. The highest BCUT2D eigenvalue weighted by atomic mass is 32.2. The summed E-state index contributed by atoms with van der Waals surface area (Å²) >= 11 is 1.04. The standard InChI is InChI=1S/C13H11NO4S/c1-2-18-9-6-4-3-5-8(9)13-14-12(17)10(19-13)7-11(15)16/h3-7H,2H2,1H3,(H,15,16)/b10-7+. The number of carboxylic acids is 1. The second-order valence-electron chi connectivity index (χ2n) is 3.60. The van der Waals surface area contributed by atoms with Crippen LogP contribution in [0.4, 0.5) is 0 Å². The molecule has 0 aliphatic carbocycles. The highest BCUT2D eigenvalue weighted by Gasteiger charge is 2.25. The van der Waals surface area contributed by atoms with Crippen molar-refractivity contribution in [1.29, 1.82) is 0 Å². The smallest absolute Gasteiger partial charge is 0.329 e. The fourth-order valence-corrected chi connectivity index (χ4v) is 2.47. The normalized spacial score (nSPS) is 16.6. The van der Waals surface area contributed by atoms with E-state index in [0.29, 0.717) is 23.0 Å². The number of carbonyl (C=O) groups excluding carboxylic acids is 1. The molecule has 6 heteroatoms. The van der Waals surface area contributed by atoms with Crippen LogP contribution in [0.1, 0.15) is 12.5 Å². The van der Waals surface area contributed by atoms with E-state index in [0.717, 1.165) is 17.8 Å². The molecule has 1 aliphatic rings. The maximum atomic E-state index is 11.6. The van der Waals surface area contributed by atoms with Crippen molar-refractivity contribution < 1.29 is 19.4 Å². The second-order valence-corrected chi connectivity index (χ2v) is 4.63. The van der Waals surface area contributed by atoms with Gasteiger partial charge in [-0.1, -0.05) is 23.9 Å². The summed E-state index contributed by atoms with van der Waals surface area (Å²) in [6, 6.07) is 7.20. The zero-order valence-corrected chi connectivity index (χ0v) is 10.9. The molecule has 0 aromatic heterocycles. The summed E-state index contributed by atoms with van der Waals surface area (Å²) in [6.07, 6.45) is 0.868. The minimum absolute atomic E-state index is 0.105. The van der Waals surface area contributed by atoms with Gasteiger partial charge in [0.1, 0.15) is 10.8 Å². The van der Waals surface area contributed by atoms with E-state index in [4.69, 9.17) is 9.84 Å². The van der Waals surface area contributed by atoms with Crippen molar-refractivity contribution >= 4 is 28.7 Å². The number of carbonyl (C=O) groups is 2. The largest absolute Gasteiger partial charge is 0.493 e. The lowest BCUT2D eigenvalue weighted by Gasteiger charge is -2.08. The van der Waals surface area contributed by atoms with Crippen molar-refractivity contribution in [3.63, 3.8) is 0 Å². The van der Waals surface area contributed by atoms with Gasteiger partial charge in [-0.2, -0.15) is 0 Å². The molecule has 1 amide bonds. The first-order valence-electron chi connectivity index (χ1n) is 5.59. The highest BCUT2D eigenvalue weighted by Crippen LogP contribution is 2.33. The molecular weight excluding hydrogens is 266 g/mol. The molecule has 0 unspecified atom stereocenters. The topological polar surface area (TPSA) is 76.0 Å². The van der Waals surface area contributed by atoms with Gasteiger partial charge in [-0.05, 0) is 19.1 Å². The zero-order chi connectivity index (χ0) is 13.8. The summed E-state index contributed by atoms with van der Waals surface area (Å²) in [6.45, 7) is 2.36. The molecule has 1 N–H and O–H groups in total. The number of benzene rings is 1. The fraction of sp³-hybridized carbons (Fsp3) is 0.154. The molecule has 1 aliphatic heterocycles. The van der Waals surface area contributed by atoms with Crippen LogP contribution in [0.15, 0.2) is 40.2 Å². The third kappa shape index (κ3) is 3.03. The number of hydrogen-bond donors (Lipinski definition) is 1. The van der Waals surface area contributed by atoms with Crippen LogP contribution in [0.3, 0.4) is 0 Å². The fourth-order valence-electron chi connectivity index (χ4n) is 1.56. The van der Waals surface area contributed by atoms with Crippen molar-refractivity contribution in [2.75, 3.05) is 6.61 Å². The molecule has 0 saturated heterocycles. The Hall–Kier alpha value is -2.08. The Morgan fingerprint density at radius 2 is 2.21 bits per heavy atom. The summed E-state index contributed by atoms with van der Waals surface area (Å²) < 4.78 is 5.46. The van der Waals surface area contributed by atoms with Gasteiger partial charge in [-0.25, -0.2) is 9.79 Å². The Bertz CT molecular complexity index is 592. The van der Waals surface area contributed by atoms with Crippen LogP contribution in [0.25, 0.3) is 0 Å². The van der Waals surface area contributed by atoms with E-state index in [1.165, 1.54) is 0 Å². The minimum Gasteiger partial charge on any atom is -0.493 e. The first kappa shape index (κ1) is 13.4. The maximum Gasteiger partial charge on any atom is 0.329 e. The van der Waals surface area contributed by atoms with Gasteiger partial charge in [0.2, 0.25) is 0 Å². The summed E-state index contributed by atoms with van der Waals surface area (Å²) in [5, 5.41) is 9.13. The zero-order valence-electron chi connectivity index (χ0n) is 10.1. The Balaban J connectivity index is 2.32. The molecule has 2 rings (SSSR count). The molecule has 0 atom stereocenters. The Kier molecular flexibility index (Phi) is 4.01. The first-order valence-corrected chi connectivity index (χ1v) is 6.41. The van der Waals surface area contributed by atoms with Crippen molar-refractivity contribution in [2.24, 2.45) is 4.99 Å². The molecule has 0 saturated carbocycles. The molecule has 0 spiro atoms. The maximum absolute atomic E-state index is 11.6. The number of rotatable bonds is 4. The SMILES string of the molecule is CCOc1ccccc1C1=NC(=O)/C(=C\C(=O)O)S1. The first-order chi connectivity index (χ1) is 9.11. The van der Waals surface area contributed by atoms with Crippen LogP contribution in [-0.4, -0.2) is 28.6 Å². The molecule has 5 nitrogen and oxygen atoms in total. The number of hydrogen-bond acceptors (Lipinski definition) is 4. The quantitative estimate of drug-likeness (QED) is 0.853. The highest BCUT2D eigenvalue weighted by molar-refractivity contribution is 8.19. The molecule has 98 valence electrons. The summed E-state index contributed by atoms with van der Waals surface area (Å²) in [5.74, 6) is -1.07. The number of thioether (sulfide) groups is 1. The van der Waals surface area contributed by atoms with Gasteiger partial charge >= 0.3 is 5.97 Å². The van der Waals surface area contributed by atoms with E-state index < -0.39 is 11.9 Å². The van der Waals surface area contributed by atoms with Gasteiger partial charge < -0.3 is 9.84 Å². The molecule has 1 heterocycles. The Morgan fingerprint density at radius 1 is 1.47 bits per heavy atom. The van der Waals surface area contributed by atoms with Gasteiger partial charge in [-0.15, -0.1) is 0 Å². The molecule has 0 bridgehead atoms. The van der Waals surface area contributed by atoms with E-state index in [9.17, 15) is 9.59 Å².